The molecule has 1 aliphatic carbocycles. The average molecular weight is 331 g/mol. The van der Waals surface area contributed by atoms with E-state index in [0.29, 0.717) is 0 Å². The van der Waals surface area contributed by atoms with Crippen molar-refractivity contribution in [3.05, 3.63) is 34.3 Å². The molecule has 1 aliphatic rings. The zero-order valence-electron chi connectivity index (χ0n) is 10.7. The van der Waals surface area contributed by atoms with Crippen molar-refractivity contribution in [2.45, 2.75) is 24.2 Å². The standard InChI is InChI=1S/C12H11F2N3O2S2/c13-6-4-5-9(10(14)11(6)15)21(18,19)17-12-16-7-2-1-3-8(7)20-12/h4-5H,1-3,15H2,(H,16,17). The zero-order chi connectivity index (χ0) is 15.2. The molecule has 0 saturated carbocycles. The average Bonchev–Trinajstić information content (AvgIpc) is 2.95. The minimum Gasteiger partial charge on any atom is -0.394 e. The number of hydrogen-bond donors (Lipinski definition) is 2. The highest BCUT2D eigenvalue weighted by Crippen LogP contribution is 2.32. The normalized spacial score (nSPS) is 14.2. The van der Waals surface area contributed by atoms with E-state index >= 15 is 0 Å². The van der Waals surface area contributed by atoms with E-state index in [9.17, 15) is 17.2 Å². The molecule has 1 aromatic heterocycles. The minimum atomic E-state index is -4.19. The number of sulfonamides is 1. The predicted molar refractivity (Wildman–Crippen MR) is 75.7 cm³/mol. The lowest BCUT2D eigenvalue weighted by Crippen LogP contribution is -2.16. The van der Waals surface area contributed by atoms with Crippen molar-refractivity contribution in [3.63, 3.8) is 0 Å². The molecule has 1 heterocycles. The minimum absolute atomic E-state index is 0.182. The van der Waals surface area contributed by atoms with Crippen LogP contribution in [-0.2, 0) is 22.9 Å². The van der Waals surface area contributed by atoms with Crippen molar-refractivity contribution >= 4 is 32.2 Å². The summed E-state index contributed by atoms with van der Waals surface area (Å²) < 4.78 is 53.4. The summed E-state index contributed by atoms with van der Waals surface area (Å²) in [5.41, 5.74) is 5.23. The van der Waals surface area contributed by atoms with Crippen LogP contribution in [0, 0.1) is 11.6 Å². The number of halogens is 2. The summed E-state index contributed by atoms with van der Waals surface area (Å²) in [6, 6.07) is 1.65. The molecular weight excluding hydrogens is 320 g/mol. The zero-order valence-corrected chi connectivity index (χ0v) is 12.3. The summed E-state index contributed by atoms with van der Waals surface area (Å²) in [6.07, 6.45) is 2.68. The van der Waals surface area contributed by atoms with Gasteiger partial charge < -0.3 is 5.73 Å². The van der Waals surface area contributed by atoms with Crippen LogP contribution in [0.15, 0.2) is 17.0 Å². The van der Waals surface area contributed by atoms with Crippen molar-refractivity contribution in [2.75, 3.05) is 10.5 Å². The van der Waals surface area contributed by atoms with E-state index in [1.54, 1.807) is 0 Å². The van der Waals surface area contributed by atoms with Gasteiger partial charge in [-0.15, -0.1) is 11.3 Å². The van der Waals surface area contributed by atoms with Gasteiger partial charge in [-0.3, -0.25) is 4.72 Å². The second-order valence-electron chi connectivity index (χ2n) is 4.62. The van der Waals surface area contributed by atoms with Crippen molar-refractivity contribution in [3.8, 4) is 0 Å². The van der Waals surface area contributed by atoms with Crippen LogP contribution >= 0.6 is 11.3 Å². The van der Waals surface area contributed by atoms with E-state index in [-0.39, 0.29) is 5.13 Å². The van der Waals surface area contributed by atoms with Gasteiger partial charge in [0.2, 0.25) is 0 Å². The Labute approximate surface area is 123 Å². The maximum Gasteiger partial charge on any atom is 0.266 e. The lowest BCUT2D eigenvalue weighted by atomic mass is 10.3. The fraction of sp³-hybridized carbons (Fsp3) is 0.250. The summed E-state index contributed by atoms with van der Waals surface area (Å²) in [5, 5.41) is 0.182. The molecule has 0 bridgehead atoms. The van der Waals surface area contributed by atoms with Gasteiger partial charge in [0, 0.05) is 4.88 Å². The van der Waals surface area contributed by atoms with Crippen LogP contribution in [0.25, 0.3) is 0 Å². The van der Waals surface area contributed by atoms with E-state index in [1.807, 2.05) is 0 Å². The van der Waals surface area contributed by atoms with Gasteiger partial charge in [0.25, 0.3) is 10.0 Å². The molecule has 0 atom stereocenters. The molecule has 0 spiro atoms. The maximum atomic E-state index is 13.8. The second-order valence-corrected chi connectivity index (χ2v) is 7.36. The van der Waals surface area contributed by atoms with Crippen molar-refractivity contribution in [2.24, 2.45) is 0 Å². The third-order valence-corrected chi connectivity index (χ3v) is 5.76. The van der Waals surface area contributed by atoms with Crippen molar-refractivity contribution in [1.29, 1.82) is 0 Å². The molecule has 3 rings (SSSR count). The summed E-state index contributed by atoms with van der Waals surface area (Å²) >= 11 is 1.23. The number of nitrogens with zero attached hydrogens (tertiary/aromatic N) is 1. The van der Waals surface area contributed by atoms with Crippen LogP contribution in [0.3, 0.4) is 0 Å². The van der Waals surface area contributed by atoms with Gasteiger partial charge in [0.1, 0.15) is 16.4 Å². The highest BCUT2D eigenvalue weighted by Gasteiger charge is 2.25. The van der Waals surface area contributed by atoms with E-state index < -0.39 is 32.2 Å². The van der Waals surface area contributed by atoms with Crippen LogP contribution in [0.1, 0.15) is 17.0 Å². The molecule has 0 saturated heterocycles. The molecule has 0 radical (unpaired) electrons. The molecule has 5 nitrogen and oxygen atoms in total. The van der Waals surface area contributed by atoms with Crippen LogP contribution < -0.4 is 10.5 Å². The third-order valence-electron chi connectivity index (χ3n) is 3.20. The number of nitrogen functional groups attached to an aromatic ring is 1. The fourth-order valence-corrected chi connectivity index (χ4v) is 4.54. The van der Waals surface area contributed by atoms with Gasteiger partial charge in [0.05, 0.1) is 5.69 Å². The summed E-state index contributed by atoms with van der Waals surface area (Å²) in [5.74, 6) is -2.30. The van der Waals surface area contributed by atoms with E-state index in [0.717, 1.165) is 42.0 Å². The Balaban J connectivity index is 1.95. The Bertz CT molecular complexity index is 797. The molecule has 3 N–H and O–H groups in total. The number of nitrogens with one attached hydrogen (secondary N) is 1. The van der Waals surface area contributed by atoms with Crippen LogP contribution in [0.5, 0.6) is 0 Å². The molecule has 112 valence electrons. The van der Waals surface area contributed by atoms with Gasteiger partial charge in [0.15, 0.2) is 10.9 Å². The number of thiazole rings is 1. The Hall–Kier alpha value is -1.74. The van der Waals surface area contributed by atoms with Crippen LogP contribution in [0.2, 0.25) is 0 Å². The molecule has 0 fully saturated rings. The quantitative estimate of drug-likeness (QED) is 0.845. The molecular formula is C12H11F2N3O2S2. The molecule has 0 amide bonds. The van der Waals surface area contributed by atoms with Gasteiger partial charge in [-0.25, -0.2) is 22.2 Å². The number of aryl methyl sites for hydroxylation is 2. The predicted octanol–water partition coefficient (Wildman–Crippen LogP) is 2.29. The first-order valence-electron chi connectivity index (χ1n) is 6.13. The molecule has 0 aliphatic heterocycles. The summed E-state index contributed by atoms with van der Waals surface area (Å²) in [4.78, 5) is 4.51. The van der Waals surface area contributed by atoms with Crippen LogP contribution in [0.4, 0.5) is 19.6 Å². The number of nitrogens with two attached hydrogens (primary N) is 1. The number of aromatic nitrogens is 1. The molecule has 9 heteroatoms. The lowest BCUT2D eigenvalue weighted by Gasteiger charge is -2.08. The highest BCUT2D eigenvalue weighted by molar-refractivity contribution is 7.93. The van der Waals surface area contributed by atoms with Gasteiger partial charge in [-0.1, -0.05) is 0 Å². The monoisotopic (exact) mass is 331 g/mol. The number of hydrogen-bond acceptors (Lipinski definition) is 5. The van der Waals surface area contributed by atoms with Gasteiger partial charge >= 0.3 is 0 Å². The number of benzene rings is 1. The summed E-state index contributed by atoms with van der Waals surface area (Å²) in [7, 11) is -4.19. The lowest BCUT2D eigenvalue weighted by molar-refractivity contribution is 0.557. The Morgan fingerprint density at radius 2 is 2.05 bits per heavy atom. The van der Waals surface area contributed by atoms with Crippen molar-refractivity contribution < 1.29 is 17.2 Å². The van der Waals surface area contributed by atoms with E-state index in [1.165, 1.54) is 11.3 Å². The fourth-order valence-electron chi connectivity index (χ4n) is 2.16. The van der Waals surface area contributed by atoms with Gasteiger partial charge in [-0.2, -0.15) is 0 Å². The number of anilines is 2. The first kappa shape index (κ1) is 14.2. The van der Waals surface area contributed by atoms with Gasteiger partial charge in [-0.05, 0) is 31.4 Å². The van der Waals surface area contributed by atoms with Crippen molar-refractivity contribution in [1.82, 2.24) is 4.98 Å². The molecule has 1 aromatic carbocycles. The first-order valence-corrected chi connectivity index (χ1v) is 8.43. The Kier molecular flexibility index (Phi) is 3.33. The third kappa shape index (κ3) is 2.46. The Morgan fingerprint density at radius 1 is 1.29 bits per heavy atom. The highest BCUT2D eigenvalue weighted by atomic mass is 32.2. The van der Waals surface area contributed by atoms with E-state index in [2.05, 4.69) is 9.71 Å². The molecule has 2 aromatic rings. The first-order chi connectivity index (χ1) is 9.88. The summed E-state index contributed by atoms with van der Waals surface area (Å²) in [6.45, 7) is 0. The largest absolute Gasteiger partial charge is 0.394 e. The smallest absolute Gasteiger partial charge is 0.266 e. The molecule has 21 heavy (non-hydrogen) atoms. The number of rotatable bonds is 3. The van der Waals surface area contributed by atoms with E-state index in [4.69, 9.17) is 5.73 Å². The second kappa shape index (κ2) is 4.92. The maximum absolute atomic E-state index is 13.8. The SMILES string of the molecule is Nc1c(F)ccc(S(=O)(=O)Nc2nc3c(s2)CCC3)c1F. The topological polar surface area (TPSA) is 85.1 Å². The Morgan fingerprint density at radius 3 is 2.76 bits per heavy atom. The number of fused-ring (bicyclic) bond motifs is 1. The molecule has 0 unspecified atom stereocenters. The van der Waals surface area contributed by atoms with Crippen LogP contribution in [-0.4, -0.2) is 13.4 Å².